The van der Waals surface area contributed by atoms with Gasteiger partial charge in [-0.15, -0.1) is 0 Å². The largest absolute Gasteiger partial charge is 0.356 e. The van der Waals surface area contributed by atoms with Crippen LogP contribution in [-0.4, -0.2) is 29.1 Å². The normalized spacial score (nSPS) is 15.4. The molecule has 0 aromatic rings. The lowest BCUT2D eigenvalue weighted by molar-refractivity contribution is 0.135. The van der Waals surface area contributed by atoms with Gasteiger partial charge in [-0.2, -0.15) is 0 Å². The van der Waals surface area contributed by atoms with Crippen molar-refractivity contribution in [2.45, 2.75) is 200 Å². The van der Waals surface area contributed by atoms with Gasteiger partial charge in [0.2, 0.25) is 0 Å². The van der Waals surface area contributed by atoms with Crippen LogP contribution in [0.15, 0.2) is 12.4 Å². The SMILES string of the molecule is CCCCCCCCCCCCCCC1N(CCCCCC)C=CN1CCCCCCCCCCCC. The number of rotatable bonds is 29. The van der Waals surface area contributed by atoms with Crippen molar-refractivity contribution < 1.29 is 0 Å². The van der Waals surface area contributed by atoms with Crippen LogP contribution in [0.5, 0.6) is 0 Å². The first-order valence-corrected chi connectivity index (χ1v) is 17.5. The molecule has 220 valence electrons. The molecule has 0 radical (unpaired) electrons. The summed E-state index contributed by atoms with van der Waals surface area (Å²) in [6, 6.07) is 0. The van der Waals surface area contributed by atoms with Crippen molar-refractivity contribution in [3.63, 3.8) is 0 Å². The fourth-order valence-corrected chi connectivity index (χ4v) is 6.01. The molecule has 2 nitrogen and oxygen atoms in total. The maximum Gasteiger partial charge on any atom is 0.101 e. The number of unbranched alkanes of at least 4 members (excludes halogenated alkanes) is 23. The molecule has 0 bridgehead atoms. The minimum Gasteiger partial charge on any atom is -0.356 e. The fourth-order valence-electron chi connectivity index (χ4n) is 6.01. The van der Waals surface area contributed by atoms with Crippen LogP contribution in [0.25, 0.3) is 0 Å². The van der Waals surface area contributed by atoms with Crippen molar-refractivity contribution in [2.24, 2.45) is 0 Å². The predicted molar refractivity (Wildman–Crippen MR) is 168 cm³/mol. The van der Waals surface area contributed by atoms with Crippen LogP contribution in [0.3, 0.4) is 0 Å². The van der Waals surface area contributed by atoms with E-state index in [9.17, 15) is 0 Å². The van der Waals surface area contributed by atoms with E-state index in [0.717, 1.165) is 0 Å². The van der Waals surface area contributed by atoms with Crippen LogP contribution >= 0.6 is 0 Å². The molecule has 0 saturated heterocycles. The highest BCUT2D eigenvalue weighted by atomic mass is 15.4. The molecule has 37 heavy (non-hydrogen) atoms. The lowest BCUT2D eigenvalue weighted by Crippen LogP contribution is -2.39. The van der Waals surface area contributed by atoms with E-state index in [1.807, 2.05) is 0 Å². The molecule has 1 atom stereocenters. The molecule has 0 aromatic carbocycles. The van der Waals surface area contributed by atoms with E-state index in [-0.39, 0.29) is 0 Å². The van der Waals surface area contributed by atoms with Gasteiger partial charge in [-0.3, -0.25) is 0 Å². The van der Waals surface area contributed by atoms with Crippen molar-refractivity contribution in [1.29, 1.82) is 0 Å². The van der Waals surface area contributed by atoms with E-state index in [1.54, 1.807) is 0 Å². The van der Waals surface area contributed by atoms with Gasteiger partial charge in [-0.1, -0.05) is 168 Å². The lowest BCUT2D eigenvalue weighted by Gasteiger charge is -2.33. The summed E-state index contributed by atoms with van der Waals surface area (Å²) in [5.41, 5.74) is 0. The molecule has 1 aliphatic rings. The maximum absolute atomic E-state index is 2.70. The third kappa shape index (κ3) is 20.0. The van der Waals surface area contributed by atoms with E-state index in [0.29, 0.717) is 6.17 Å². The fraction of sp³-hybridized carbons (Fsp3) is 0.943. The Morgan fingerprint density at radius 2 is 0.622 bits per heavy atom. The van der Waals surface area contributed by atoms with Gasteiger partial charge in [-0.05, 0) is 25.7 Å². The van der Waals surface area contributed by atoms with E-state index in [1.165, 1.54) is 186 Å². The second-order valence-corrected chi connectivity index (χ2v) is 12.2. The second kappa shape index (κ2) is 26.9. The number of hydrogen-bond donors (Lipinski definition) is 0. The van der Waals surface area contributed by atoms with Crippen molar-refractivity contribution in [1.82, 2.24) is 9.80 Å². The first-order chi connectivity index (χ1) is 18.3. The number of nitrogens with zero attached hydrogens (tertiary/aromatic N) is 2. The molecule has 1 rings (SSSR count). The topological polar surface area (TPSA) is 6.48 Å². The molecule has 0 N–H and O–H groups in total. The summed E-state index contributed by atoms with van der Waals surface area (Å²) in [5.74, 6) is 0. The van der Waals surface area contributed by atoms with Crippen molar-refractivity contribution in [3.8, 4) is 0 Å². The third-order valence-corrected chi connectivity index (χ3v) is 8.57. The van der Waals surface area contributed by atoms with Crippen LogP contribution in [0.2, 0.25) is 0 Å². The Bertz CT molecular complexity index is 474. The van der Waals surface area contributed by atoms with E-state index in [2.05, 4.69) is 43.0 Å². The summed E-state index contributed by atoms with van der Waals surface area (Å²) in [6.45, 7) is 9.46. The standard InChI is InChI=1S/C35H70N2/c1-4-7-10-13-15-17-19-20-21-23-25-27-30-35-36(31-28-12-9-6-3)33-34-37(35)32-29-26-24-22-18-16-14-11-8-5-2/h33-35H,4-32H2,1-3H3. The Morgan fingerprint density at radius 3 is 0.973 bits per heavy atom. The Kier molecular flexibility index (Phi) is 25.0. The van der Waals surface area contributed by atoms with Crippen molar-refractivity contribution >= 4 is 0 Å². The van der Waals surface area contributed by atoms with E-state index in [4.69, 9.17) is 0 Å². The van der Waals surface area contributed by atoms with Gasteiger partial charge in [0.15, 0.2) is 0 Å². The van der Waals surface area contributed by atoms with Crippen molar-refractivity contribution in [2.75, 3.05) is 13.1 Å². The van der Waals surface area contributed by atoms with Gasteiger partial charge in [0.25, 0.3) is 0 Å². The summed E-state index contributed by atoms with van der Waals surface area (Å²) < 4.78 is 0. The average Bonchev–Trinajstić information content (AvgIpc) is 3.29. The third-order valence-electron chi connectivity index (χ3n) is 8.57. The second-order valence-electron chi connectivity index (χ2n) is 12.2. The van der Waals surface area contributed by atoms with Gasteiger partial charge in [0, 0.05) is 25.5 Å². The van der Waals surface area contributed by atoms with Gasteiger partial charge in [0.05, 0.1) is 0 Å². The lowest BCUT2D eigenvalue weighted by atomic mass is 10.0. The summed E-state index contributed by atoms with van der Waals surface area (Å²) in [4.78, 5) is 5.38. The van der Waals surface area contributed by atoms with Crippen LogP contribution in [-0.2, 0) is 0 Å². The summed E-state index contributed by atoms with van der Waals surface area (Å²) in [6.07, 6.45) is 44.0. The molecule has 1 unspecified atom stereocenters. The van der Waals surface area contributed by atoms with Crippen LogP contribution in [0.4, 0.5) is 0 Å². The smallest absolute Gasteiger partial charge is 0.101 e. The molecule has 0 aromatic heterocycles. The molecule has 2 heteroatoms. The molecule has 1 aliphatic heterocycles. The van der Waals surface area contributed by atoms with Gasteiger partial charge >= 0.3 is 0 Å². The van der Waals surface area contributed by atoms with Crippen LogP contribution < -0.4 is 0 Å². The highest BCUT2D eigenvalue weighted by Gasteiger charge is 2.24. The zero-order valence-electron chi connectivity index (χ0n) is 26.1. The molecular weight excluding hydrogens is 448 g/mol. The molecular formula is C35H70N2. The van der Waals surface area contributed by atoms with E-state index >= 15 is 0 Å². The van der Waals surface area contributed by atoms with Crippen LogP contribution in [0, 0.1) is 0 Å². The number of hydrogen-bond acceptors (Lipinski definition) is 2. The van der Waals surface area contributed by atoms with Crippen molar-refractivity contribution in [3.05, 3.63) is 12.4 Å². The Hall–Kier alpha value is -0.660. The minimum atomic E-state index is 0.642. The molecule has 1 heterocycles. The maximum atomic E-state index is 2.70. The highest BCUT2D eigenvalue weighted by Crippen LogP contribution is 2.24. The Morgan fingerprint density at radius 1 is 0.351 bits per heavy atom. The summed E-state index contributed by atoms with van der Waals surface area (Å²) in [7, 11) is 0. The van der Waals surface area contributed by atoms with Gasteiger partial charge in [-0.25, -0.2) is 0 Å². The molecule has 0 saturated carbocycles. The summed E-state index contributed by atoms with van der Waals surface area (Å²) in [5, 5.41) is 0. The predicted octanol–water partition coefficient (Wildman–Crippen LogP) is 12.0. The average molecular weight is 519 g/mol. The first kappa shape index (κ1) is 34.4. The van der Waals surface area contributed by atoms with Gasteiger partial charge in [0.1, 0.15) is 6.17 Å². The quantitative estimate of drug-likeness (QED) is 0.0908. The molecule has 0 fully saturated rings. The van der Waals surface area contributed by atoms with Gasteiger partial charge < -0.3 is 9.80 Å². The Balaban J connectivity index is 2.17. The minimum absolute atomic E-state index is 0.642. The highest BCUT2D eigenvalue weighted by molar-refractivity contribution is 4.97. The Labute approximate surface area is 235 Å². The zero-order chi connectivity index (χ0) is 26.7. The monoisotopic (exact) mass is 519 g/mol. The van der Waals surface area contributed by atoms with Crippen LogP contribution in [0.1, 0.15) is 194 Å². The molecule has 0 aliphatic carbocycles. The first-order valence-electron chi connectivity index (χ1n) is 17.5. The summed E-state index contributed by atoms with van der Waals surface area (Å²) >= 11 is 0. The molecule has 0 amide bonds. The zero-order valence-corrected chi connectivity index (χ0v) is 26.1. The molecule has 0 spiro atoms. The van der Waals surface area contributed by atoms with E-state index < -0.39 is 0 Å².